The molecule has 4 fully saturated rings. The second-order valence-electron chi connectivity index (χ2n) is 10.8. The van der Waals surface area contributed by atoms with Gasteiger partial charge in [-0.15, -0.1) is 0 Å². The van der Waals surface area contributed by atoms with E-state index in [2.05, 4.69) is 25.4 Å². The molecule has 11 heteroatoms. The number of hydrogen-bond donors (Lipinski definition) is 2. The predicted octanol–water partition coefficient (Wildman–Crippen LogP) is 2.31. The highest BCUT2D eigenvalue weighted by atomic mass is 19.1. The second-order valence-corrected chi connectivity index (χ2v) is 10.8. The van der Waals surface area contributed by atoms with Gasteiger partial charge in [-0.2, -0.15) is 5.10 Å². The number of aromatic nitrogens is 3. The number of carbonyl (C=O) groups excluding carboxylic acids is 2. The minimum Gasteiger partial charge on any atom is -0.481 e. The summed E-state index contributed by atoms with van der Waals surface area (Å²) in [5.74, 6) is -0.606. The fourth-order valence-corrected chi connectivity index (χ4v) is 5.60. The highest BCUT2D eigenvalue weighted by Gasteiger charge is 2.55. The Kier molecular flexibility index (Phi) is 5.51. The molecule has 2 aliphatic carbocycles. The Morgan fingerprint density at radius 3 is 2.72 bits per heavy atom. The number of nitrogens with one attached hydrogen (secondary N) is 2. The van der Waals surface area contributed by atoms with Gasteiger partial charge in [-0.1, -0.05) is 0 Å². The summed E-state index contributed by atoms with van der Waals surface area (Å²) in [4.78, 5) is 34.0. The molecule has 2 aromatic heterocycles. The lowest BCUT2D eigenvalue weighted by Gasteiger charge is -2.43. The molecular formula is C25H30F2N6O3. The zero-order valence-corrected chi connectivity index (χ0v) is 20.2. The van der Waals surface area contributed by atoms with Crippen molar-refractivity contribution in [3.8, 4) is 17.1 Å². The van der Waals surface area contributed by atoms with Crippen LogP contribution in [0.15, 0.2) is 18.3 Å². The van der Waals surface area contributed by atoms with Crippen molar-refractivity contribution in [3.63, 3.8) is 0 Å². The summed E-state index contributed by atoms with van der Waals surface area (Å²) in [6.45, 7) is 2.35. The smallest absolute Gasteiger partial charge is 0.272 e. The molecule has 36 heavy (non-hydrogen) atoms. The van der Waals surface area contributed by atoms with Gasteiger partial charge in [0.15, 0.2) is 5.82 Å². The number of likely N-dealkylation sites (tertiary alicyclic amines) is 2. The van der Waals surface area contributed by atoms with Gasteiger partial charge in [0.05, 0.1) is 25.0 Å². The molecule has 6 rings (SSSR count). The van der Waals surface area contributed by atoms with E-state index in [0.717, 1.165) is 19.0 Å². The van der Waals surface area contributed by atoms with Gasteiger partial charge in [-0.3, -0.25) is 19.6 Å². The number of hydrogen-bond acceptors (Lipinski definition) is 6. The van der Waals surface area contributed by atoms with E-state index >= 15 is 0 Å². The number of ether oxygens (including phenoxy) is 1. The number of aromatic amines is 1. The number of piperidine rings is 1. The molecule has 0 bridgehead atoms. The molecule has 2 saturated heterocycles. The third kappa shape index (κ3) is 4.33. The molecule has 2 N–H and O–H groups in total. The van der Waals surface area contributed by atoms with E-state index in [1.807, 2.05) is 4.90 Å². The molecule has 192 valence electrons. The number of carbonyl (C=O) groups is 2. The summed E-state index contributed by atoms with van der Waals surface area (Å²) in [5, 5.41) is 10.0. The maximum absolute atomic E-state index is 14.3. The lowest BCUT2D eigenvalue weighted by atomic mass is 9.87. The van der Waals surface area contributed by atoms with Gasteiger partial charge >= 0.3 is 0 Å². The third-order valence-corrected chi connectivity index (χ3v) is 8.07. The van der Waals surface area contributed by atoms with Gasteiger partial charge in [-0.05, 0) is 44.6 Å². The summed E-state index contributed by atoms with van der Waals surface area (Å²) in [6.07, 6.45) is 5.28. The zero-order valence-electron chi connectivity index (χ0n) is 20.2. The van der Waals surface area contributed by atoms with Crippen LogP contribution in [0.4, 0.5) is 8.78 Å². The third-order valence-electron chi connectivity index (χ3n) is 8.07. The van der Waals surface area contributed by atoms with Gasteiger partial charge in [0.2, 0.25) is 11.8 Å². The molecule has 1 spiro atoms. The molecule has 1 atom stereocenters. The fraction of sp³-hybridized carbons (Fsp3) is 0.600. The number of nitrogens with zero attached hydrogens (tertiary/aromatic N) is 4. The highest BCUT2D eigenvalue weighted by molar-refractivity contribution is 5.94. The molecule has 2 amide bonds. The van der Waals surface area contributed by atoms with Gasteiger partial charge in [-0.25, -0.2) is 13.8 Å². The number of H-pyrrole nitrogens is 1. The topological polar surface area (TPSA) is 103 Å². The van der Waals surface area contributed by atoms with Crippen LogP contribution in [0.2, 0.25) is 0 Å². The number of pyridine rings is 1. The van der Waals surface area contributed by atoms with E-state index < -0.39 is 11.5 Å². The molecule has 4 aliphatic rings. The van der Waals surface area contributed by atoms with E-state index in [1.165, 1.54) is 13.2 Å². The van der Waals surface area contributed by atoms with E-state index in [4.69, 9.17) is 4.74 Å². The van der Waals surface area contributed by atoms with Gasteiger partial charge in [0.25, 0.3) is 5.91 Å². The second kappa shape index (κ2) is 8.50. The number of halogens is 2. The molecule has 2 aliphatic heterocycles. The molecule has 0 aromatic carbocycles. The first-order valence-electron chi connectivity index (χ1n) is 12.6. The maximum Gasteiger partial charge on any atom is 0.272 e. The Bertz CT molecular complexity index is 1190. The first-order chi connectivity index (χ1) is 17.3. The Balaban J connectivity index is 1.06. The SMILES string of the molecule is COc1cc(-c2cc(C(=O)N3CCC(C(=O)NC4CN(CC5(F)CC5)C4)CC34CC4)[nH]n2)c(F)cn1. The molecule has 4 heterocycles. The largest absolute Gasteiger partial charge is 0.481 e. The number of alkyl halides is 1. The summed E-state index contributed by atoms with van der Waals surface area (Å²) in [7, 11) is 1.44. The van der Waals surface area contributed by atoms with Crippen molar-refractivity contribution in [2.75, 3.05) is 33.3 Å². The van der Waals surface area contributed by atoms with Gasteiger partial charge in [0, 0.05) is 49.3 Å². The number of amides is 2. The van der Waals surface area contributed by atoms with Crippen LogP contribution in [-0.2, 0) is 4.79 Å². The van der Waals surface area contributed by atoms with Crippen LogP contribution >= 0.6 is 0 Å². The number of methoxy groups -OCH3 is 1. The summed E-state index contributed by atoms with van der Waals surface area (Å²) in [6, 6.07) is 3.06. The van der Waals surface area contributed by atoms with Crippen LogP contribution in [0.5, 0.6) is 5.88 Å². The lowest BCUT2D eigenvalue weighted by Crippen LogP contribution is -2.62. The lowest BCUT2D eigenvalue weighted by molar-refractivity contribution is -0.129. The maximum atomic E-state index is 14.3. The zero-order chi connectivity index (χ0) is 25.1. The van der Waals surface area contributed by atoms with E-state index in [0.29, 0.717) is 57.6 Å². The van der Waals surface area contributed by atoms with Crippen LogP contribution < -0.4 is 10.1 Å². The Morgan fingerprint density at radius 2 is 2.03 bits per heavy atom. The molecular weight excluding hydrogens is 470 g/mol. The first kappa shape index (κ1) is 23.3. The van der Waals surface area contributed by atoms with Crippen molar-refractivity contribution in [3.05, 3.63) is 29.8 Å². The number of rotatable bonds is 7. The Hall–Kier alpha value is -3.08. The molecule has 1 unspecified atom stereocenters. The average molecular weight is 501 g/mol. The van der Waals surface area contributed by atoms with E-state index in [1.54, 1.807) is 6.07 Å². The fourth-order valence-electron chi connectivity index (χ4n) is 5.60. The van der Waals surface area contributed by atoms with Gasteiger partial charge < -0.3 is 15.0 Å². The van der Waals surface area contributed by atoms with Gasteiger partial charge in [0.1, 0.15) is 11.4 Å². The van der Waals surface area contributed by atoms with Crippen molar-refractivity contribution >= 4 is 11.8 Å². The minimum absolute atomic E-state index is 0.0327. The van der Waals surface area contributed by atoms with Crippen LogP contribution in [0.3, 0.4) is 0 Å². The Morgan fingerprint density at radius 1 is 1.25 bits per heavy atom. The first-order valence-corrected chi connectivity index (χ1v) is 12.6. The van der Waals surface area contributed by atoms with Crippen LogP contribution in [0, 0.1) is 11.7 Å². The molecule has 2 aromatic rings. The monoisotopic (exact) mass is 500 g/mol. The normalized spacial score (nSPS) is 24.3. The standard InChI is InChI=1S/C25H30F2N6O3/c1-36-21-8-17(18(26)11-28-21)19-9-20(31-30-19)23(35)33-7-2-15(10-25(33)5-6-25)22(34)29-16-12-32(13-16)14-24(27)3-4-24/h8-9,11,15-16H,2-7,10,12-14H2,1H3,(H,29,34)(H,30,31). The van der Waals surface area contributed by atoms with Crippen molar-refractivity contribution in [1.82, 2.24) is 30.3 Å². The van der Waals surface area contributed by atoms with Crippen molar-refractivity contribution < 1.29 is 23.1 Å². The van der Waals surface area contributed by atoms with E-state index in [9.17, 15) is 18.4 Å². The van der Waals surface area contributed by atoms with Crippen molar-refractivity contribution in [2.24, 2.45) is 5.92 Å². The predicted molar refractivity (Wildman–Crippen MR) is 125 cm³/mol. The van der Waals surface area contributed by atoms with Crippen LogP contribution in [0.25, 0.3) is 11.3 Å². The highest BCUT2D eigenvalue weighted by Crippen LogP contribution is 2.50. The molecule has 9 nitrogen and oxygen atoms in total. The summed E-state index contributed by atoms with van der Waals surface area (Å²) >= 11 is 0. The van der Waals surface area contributed by atoms with Crippen molar-refractivity contribution in [1.29, 1.82) is 0 Å². The van der Waals surface area contributed by atoms with Crippen LogP contribution in [0.1, 0.15) is 49.0 Å². The molecule has 2 saturated carbocycles. The average Bonchev–Trinajstić information content (AvgIpc) is 3.72. The quantitative estimate of drug-likeness (QED) is 0.605. The van der Waals surface area contributed by atoms with Crippen molar-refractivity contribution in [2.45, 2.75) is 55.8 Å². The van der Waals surface area contributed by atoms with Crippen LogP contribution in [-0.4, -0.2) is 87.3 Å². The minimum atomic E-state index is -0.999. The molecule has 0 radical (unpaired) electrons. The van der Waals surface area contributed by atoms with E-state index in [-0.39, 0.29) is 46.5 Å². The summed E-state index contributed by atoms with van der Waals surface area (Å²) in [5.41, 5.74) is -0.536. The Labute approximate surface area is 207 Å². The summed E-state index contributed by atoms with van der Waals surface area (Å²) < 4.78 is 33.3.